The molecule has 0 aliphatic rings. The fourth-order valence-corrected chi connectivity index (χ4v) is 4.03. The maximum atomic E-state index is 12.7. The van der Waals surface area contributed by atoms with Gasteiger partial charge in [-0.2, -0.15) is 13.5 Å². The number of benzene rings is 1. The Morgan fingerprint density at radius 2 is 1.82 bits per heavy atom. The Kier molecular flexibility index (Phi) is 3.45. The molecule has 3 aromatic rings. The van der Waals surface area contributed by atoms with Gasteiger partial charge in [-0.05, 0) is 35.0 Å². The Morgan fingerprint density at radius 3 is 2.45 bits per heavy atom. The lowest BCUT2D eigenvalue weighted by atomic mass is 10.2. The first-order chi connectivity index (χ1) is 10.3. The van der Waals surface area contributed by atoms with Crippen LogP contribution in [0.25, 0.3) is 10.9 Å². The van der Waals surface area contributed by atoms with Crippen LogP contribution in [-0.2, 0) is 17.1 Å². The molecule has 0 spiro atoms. The number of fused-ring (bicyclic) bond motifs is 1. The highest BCUT2D eigenvalue weighted by Crippen LogP contribution is 2.23. The number of pyridine rings is 1. The van der Waals surface area contributed by atoms with Gasteiger partial charge in [-0.1, -0.05) is 17.7 Å². The predicted octanol–water partition coefficient (Wildman–Crippen LogP) is 2.04. The minimum Gasteiger partial charge on any atom is -0.316 e. The zero-order chi connectivity index (χ0) is 16.1. The summed E-state index contributed by atoms with van der Waals surface area (Å²) in [5.74, 6) is 0. The third kappa shape index (κ3) is 2.19. The SMILES string of the molecule is Cc1ccc(S(=O)(=O)n2ncc3c(Br)cn(C)c(=O)c32)cc1. The lowest BCUT2D eigenvalue weighted by Crippen LogP contribution is -2.23. The summed E-state index contributed by atoms with van der Waals surface area (Å²) in [5.41, 5.74) is 0.548. The third-order valence-corrected chi connectivity index (χ3v) is 5.60. The smallest absolute Gasteiger partial charge is 0.283 e. The van der Waals surface area contributed by atoms with Crippen molar-refractivity contribution in [3.63, 3.8) is 0 Å². The van der Waals surface area contributed by atoms with Gasteiger partial charge in [-0.15, -0.1) is 4.09 Å². The summed E-state index contributed by atoms with van der Waals surface area (Å²) >= 11 is 3.32. The fourth-order valence-electron chi connectivity index (χ4n) is 2.16. The molecule has 0 bridgehead atoms. The summed E-state index contributed by atoms with van der Waals surface area (Å²) in [7, 11) is -2.37. The van der Waals surface area contributed by atoms with Crippen molar-refractivity contribution in [3.8, 4) is 0 Å². The molecule has 0 N–H and O–H groups in total. The lowest BCUT2D eigenvalue weighted by molar-refractivity contribution is 0.582. The second kappa shape index (κ2) is 5.06. The van der Waals surface area contributed by atoms with Crippen molar-refractivity contribution in [3.05, 3.63) is 57.0 Å². The van der Waals surface area contributed by atoms with E-state index in [4.69, 9.17) is 0 Å². The molecule has 3 rings (SSSR count). The van der Waals surface area contributed by atoms with E-state index in [-0.39, 0.29) is 10.4 Å². The van der Waals surface area contributed by atoms with E-state index >= 15 is 0 Å². The van der Waals surface area contributed by atoms with E-state index in [2.05, 4.69) is 21.0 Å². The predicted molar refractivity (Wildman–Crippen MR) is 86.4 cm³/mol. The molecule has 114 valence electrons. The summed E-state index contributed by atoms with van der Waals surface area (Å²) in [6.07, 6.45) is 2.95. The van der Waals surface area contributed by atoms with Crippen molar-refractivity contribution in [2.24, 2.45) is 7.05 Å². The molecule has 0 fully saturated rings. The highest BCUT2D eigenvalue weighted by atomic mass is 79.9. The highest BCUT2D eigenvalue weighted by Gasteiger charge is 2.23. The van der Waals surface area contributed by atoms with E-state index < -0.39 is 15.6 Å². The van der Waals surface area contributed by atoms with Crippen molar-refractivity contribution in [2.75, 3.05) is 0 Å². The van der Waals surface area contributed by atoms with Crippen molar-refractivity contribution in [1.29, 1.82) is 0 Å². The molecule has 0 aliphatic carbocycles. The van der Waals surface area contributed by atoms with Gasteiger partial charge in [0.15, 0.2) is 5.52 Å². The Labute approximate surface area is 135 Å². The van der Waals surface area contributed by atoms with Crippen LogP contribution >= 0.6 is 15.9 Å². The Hall–Kier alpha value is -1.93. The third-order valence-electron chi connectivity index (χ3n) is 3.37. The van der Waals surface area contributed by atoms with Gasteiger partial charge in [0.25, 0.3) is 15.6 Å². The molecular formula is C14H12BrN3O3S. The Bertz CT molecular complexity index is 1030. The van der Waals surface area contributed by atoms with Gasteiger partial charge >= 0.3 is 0 Å². The van der Waals surface area contributed by atoms with Crippen LogP contribution in [0, 0.1) is 6.92 Å². The number of aromatic nitrogens is 3. The number of aryl methyl sites for hydroxylation is 2. The minimum absolute atomic E-state index is 0.0254. The molecule has 0 saturated carbocycles. The summed E-state index contributed by atoms with van der Waals surface area (Å²) < 4.78 is 28.2. The quantitative estimate of drug-likeness (QED) is 0.680. The standard InChI is InChI=1S/C14H12BrN3O3S/c1-9-3-5-10(6-4-9)22(20,21)18-13-11(7-16-18)12(15)8-17(2)14(13)19/h3-8H,1-2H3. The maximum Gasteiger partial charge on any atom is 0.283 e. The Balaban J connectivity index is 2.35. The zero-order valence-electron chi connectivity index (χ0n) is 11.8. The minimum atomic E-state index is -3.92. The van der Waals surface area contributed by atoms with Crippen molar-refractivity contribution in [2.45, 2.75) is 11.8 Å². The molecule has 2 heterocycles. The fraction of sp³-hybridized carbons (Fsp3) is 0.143. The van der Waals surface area contributed by atoms with E-state index in [9.17, 15) is 13.2 Å². The summed E-state index contributed by atoms with van der Waals surface area (Å²) in [6, 6.07) is 6.40. The van der Waals surface area contributed by atoms with Crippen LogP contribution in [0.3, 0.4) is 0 Å². The summed E-state index contributed by atoms with van der Waals surface area (Å²) in [4.78, 5) is 12.4. The molecule has 6 nitrogen and oxygen atoms in total. The molecule has 8 heteroatoms. The van der Waals surface area contributed by atoms with Crippen LogP contribution in [-0.4, -0.2) is 22.2 Å². The molecule has 0 atom stereocenters. The van der Waals surface area contributed by atoms with E-state index in [0.717, 1.165) is 9.65 Å². The van der Waals surface area contributed by atoms with Gasteiger partial charge < -0.3 is 4.57 Å². The first kappa shape index (κ1) is 15.0. The number of halogens is 1. The molecule has 0 aliphatic heterocycles. The molecule has 0 saturated heterocycles. The van der Waals surface area contributed by atoms with Crippen LogP contribution < -0.4 is 5.56 Å². The summed E-state index contributed by atoms with van der Waals surface area (Å²) in [6.45, 7) is 1.87. The van der Waals surface area contributed by atoms with Crippen LogP contribution in [0.4, 0.5) is 0 Å². The second-order valence-corrected chi connectivity index (χ2v) is 7.58. The van der Waals surface area contributed by atoms with Gasteiger partial charge in [0.05, 0.1) is 11.1 Å². The number of hydrogen-bond acceptors (Lipinski definition) is 4. The van der Waals surface area contributed by atoms with Crippen LogP contribution in [0.15, 0.2) is 50.8 Å². The van der Waals surface area contributed by atoms with Gasteiger partial charge in [-0.3, -0.25) is 4.79 Å². The molecule has 1 aromatic carbocycles. The number of rotatable bonds is 2. The molecule has 2 aromatic heterocycles. The van der Waals surface area contributed by atoms with Crippen molar-refractivity contribution < 1.29 is 8.42 Å². The van der Waals surface area contributed by atoms with Gasteiger partial charge in [-0.25, -0.2) is 0 Å². The molecule has 0 unspecified atom stereocenters. The van der Waals surface area contributed by atoms with E-state index in [1.54, 1.807) is 25.4 Å². The largest absolute Gasteiger partial charge is 0.316 e. The van der Waals surface area contributed by atoms with E-state index in [1.165, 1.54) is 22.9 Å². The summed E-state index contributed by atoms with van der Waals surface area (Å²) in [5, 5.41) is 4.37. The first-order valence-electron chi connectivity index (χ1n) is 6.37. The lowest BCUT2D eigenvalue weighted by Gasteiger charge is -2.07. The van der Waals surface area contributed by atoms with Crippen molar-refractivity contribution >= 4 is 36.9 Å². The van der Waals surface area contributed by atoms with Crippen molar-refractivity contribution in [1.82, 2.24) is 13.8 Å². The average Bonchev–Trinajstić information content (AvgIpc) is 2.91. The molecule has 0 amide bonds. The van der Waals surface area contributed by atoms with E-state index in [1.807, 2.05) is 6.92 Å². The van der Waals surface area contributed by atoms with Crippen LogP contribution in [0.2, 0.25) is 0 Å². The molecule has 22 heavy (non-hydrogen) atoms. The van der Waals surface area contributed by atoms with Crippen LogP contribution in [0.1, 0.15) is 5.56 Å². The molecular weight excluding hydrogens is 370 g/mol. The van der Waals surface area contributed by atoms with Gasteiger partial charge in [0, 0.05) is 23.1 Å². The highest BCUT2D eigenvalue weighted by molar-refractivity contribution is 9.10. The van der Waals surface area contributed by atoms with Gasteiger partial charge in [0.1, 0.15) is 0 Å². The first-order valence-corrected chi connectivity index (χ1v) is 8.61. The topological polar surface area (TPSA) is 74.0 Å². The van der Waals surface area contributed by atoms with E-state index in [0.29, 0.717) is 9.86 Å². The monoisotopic (exact) mass is 381 g/mol. The normalized spacial score (nSPS) is 12.0. The van der Waals surface area contributed by atoms with Gasteiger partial charge in [0.2, 0.25) is 0 Å². The zero-order valence-corrected chi connectivity index (χ0v) is 14.2. The molecule has 0 radical (unpaired) electrons. The average molecular weight is 382 g/mol. The van der Waals surface area contributed by atoms with Crippen LogP contribution in [0.5, 0.6) is 0 Å². The number of nitrogens with zero attached hydrogens (tertiary/aromatic N) is 3. The number of hydrogen-bond donors (Lipinski definition) is 0. The second-order valence-electron chi connectivity index (χ2n) is 4.96. The Morgan fingerprint density at radius 1 is 1.18 bits per heavy atom. The maximum absolute atomic E-state index is 12.7.